The lowest BCUT2D eigenvalue weighted by Gasteiger charge is -2.36. The van der Waals surface area contributed by atoms with E-state index in [0.29, 0.717) is 35.7 Å². The number of ether oxygens (including phenoxy) is 1. The predicted octanol–water partition coefficient (Wildman–Crippen LogP) is 4.22. The van der Waals surface area contributed by atoms with Crippen molar-refractivity contribution in [1.29, 1.82) is 0 Å². The van der Waals surface area contributed by atoms with Gasteiger partial charge in [0.15, 0.2) is 5.60 Å². The summed E-state index contributed by atoms with van der Waals surface area (Å²) < 4.78 is 5.36. The molecule has 2 saturated carbocycles. The second-order valence-electron chi connectivity index (χ2n) is 15.7. The van der Waals surface area contributed by atoms with Crippen molar-refractivity contribution < 1.29 is 33.5 Å². The Bertz CT molecular complexity index is 1530. The van der Waals surface area contributed by atoms with E-state index in [1.165, 1.54) is 18.4 Å². The normalized spacial score (nSPS) is 23.5. The van der Waals surface area contributed by atoms with Gasteiger partial charge in [-0.15, -0.1) is 0 Å². The minimum atomic E-state index is -1.04. The maximum absolute atomic E-state index is 14.6. The molecule has 0 unspecified atom stereocenters. The average Bonchev–Trinajstić information content (AvgIpc) is 3.68. The number of halogens is 1. The number of nitrogens with zero attached hydrogens (tertiary/aromatic N) is 2. The molecule has 0 aromatic heterocycles. The van der Waals surface area contributed by atoms with Gasteiger partial charge in [-0.25, -0.2) is 0 Å². The number of aryl methyl sites for hydroxylation is 1. The Labute approximate surface area is 299 Å². The molecule has 12 nitrogen and oxygen atoms in total. The van der Waals surface area contributed by atoms with E-state index in [0.717, 1.165) is 49.7 Å². The van der Waals surface area contributed by atoms with Crippen LogP contribution in [0.1, 0.15) is 103 Å². The molecule has 3 N–H and O–H groups in total. The van der Waals surface area contributed by atoms with E-state index in [2.05, 4.69) is 21.1 Å². The summed E-state index contributed by atoms with van der Waals surface area (Å²) in [7, 11) is 2.92. The van der Waals surface area contributed by atoms with Crippen LogP contribution in [-0.2, 0) is 28.8 Å². The van der Waals surface area contributed by atoms with Gasteiger partial charge in [-0.2, -0.15) is 0 Å². The molecule has 274 valence electrons. The summed E-state index contributed by atoms with van der Waals surface area (Å²) >= 11 is 6.47. The lowest BCUT2D eigenvalue weighted by atomic mass is 9.84. The topological polar surface area (TPSA) is 156 Å². The van der Waals surface area contributed by atoms with Crippen LogP contribution in [0.25, 0.3) is 0 Å². The van der Waals surface area contributed by atoms with Crippen molar-refractivity contribution in [2.24, 2.45) is 22.4 Å². The standard InChI is InChI=1S/C37H52ClN5O7/c1-21-14-29(49-6)25(38)17-24(21)27-18-37(50-42-27)19-28(33(46)40-26(15-23-12-13-23)31(45)34(47)39-5)43(20-37)35(48)32(36(2,3)4)41-30(44)16-22-10-8-7-9-11-22/h14,17,22-23,26,28,32H,7-13,15-16,18-20H2,1-6H3,(H,39,47)(H,40,46)(H,41,44)/t26-,28-,32+,37+/m0/s1. The van der Waals surface area contributed by atoms with Crippen molar-refractivity contribution in [3.05, 3.63) is 28.3 Å². The molecule has 3 fully saturated rings. The zero-order chi connectivity index (χ0) is 36.4. The van der Waals surface area contributed by atoms with Gasteiger partial charge in [0.1, 0.15) is 17.8 Å². The second kappa shape index (κ2) is 15.3. The first kappa shape index (κ1) is 37.6. The number of rotatable bonds is 12. The number of oxime groups is 1. The highest BCUT2D eigenvalue weighted by Gasteiger charge is 2.56. The van der Waals surface area contributed by atoms with E-state index in [-0.39, 0.29) is 30.7 Å². The molecule has 4 atom stereocenters. The Kier molecular flexibility index (Phi) is 11.5. The van der Waals surface area contributed by atoms with Gasteiger partial charge in [-0.3, -0.25) is 24.0 Å². The first-order valence-electron chi connectivity index (χ1n) is 17.9. The van der Waals surface area contributed by atoms with Crippen molar-refractivity contribution in [2.75, 3.05) is 20.7 Å². The maximum Gasteiger partial charge on any atom is 0.289 e. The molecule has 1 aromatic rings. The fraction of sp³-hybridized carbons (Fsp3) is 0.676. The first-order chi connectivity index (χ1) is 23.6. The minimum absolute atomic E-state index is 0.0294. The molecule has 2 heterocycles. The smallest absolute Gasteiger partial charge is 0.289 e. The highest BCUT2D eigenvalue weighted by molar-refractivity contribution is 6.38. The molecule has 50 heavy (non-hydrogen) atoms. The van der Waals surface area contributed by atoms with E-state index >= 15 is 0 Å². The van der Waals surface area contributed by atoms with Crippen LogP contribution in [-0.4, -0.2) is 84.5 Å². The number of likely N-dealkylation sites (N-methyl/N-ethyl adjacent to an activating group) is 1. The first-order valence-corrected chi connectivity index (χ1v) is 18.3. The van der Waals surface area contributed by atoms with Gasteiger partial charge >= 0.3 is 0 Å². The number of carbonyl (C=O) groups is 5. The summed E-state index contributed by atoms with van der Waals surface area (Å²) in [6.45, 7) is 7.59. The van der Waals surface area contributed by atoms with Gasteiger partial charge < -0.3 is 30.4 Å². The number of amides is 4. The van der Waals surface area contributed by atoms with Crippen LogP contribution in [0.3, 0.4) is 0 Å². The van der Waals surface area contributed by atoms with Gasteiger partial charge in [-0.05, 0) is 61.1 Å². The molecule has 13 heteroatoms. The number of nitrogens with one attached hydrogen (secondary N) is 3. The average molecular weight is 714 g/mol. The maximum atomic E-state index is 14.6. The van der Waals surface area contributed by atoms with Crippen molar-refractivity contribution >= 4 is 46.7 Å². The van der Waals surface area contributed by atoms with E-state index in [1.807, 2.05) is 33.8 Å². The Morgan fingerprint density at radius 3 is 2.38 bits per heavy atom. The SMILES string of the molecule is CNC(=O)C(=O)[C@H](CC1CC1)NC(=O)[C@@H]1C[C@]2(CC(c3cc(Cl)c(OC)cc3C)=NO2)CN1C(=O)[C@@H](NC(=O)CC1CCCCC1)C(C)(C)C. The van der Waals surface area contributed by atoms with Gasteiger partial charge in [0, 0.05) is 31.9 Å². The Morgan fingerprint density at radius 2 is 1.76 bits per heavy atom. The summed E-state index contributed by atoms with van der Waals surface area (Å²) in [6, 6.07) is 0.584. The molecule has 1 aromatic carbocycles. The molecule has 2 aliphatic carbocycles. The third kappa shape index (κ3) is 8.61. The number of hydrogen-bond acceptors (Lipinski definition) is 8. The van der Waals surface area contributed by atoms with E-state index in [1.54, 1.807) is 13.2 Å². The second-order valence-corrected chi connectivity index (χ2v) is 16.1. The van der Waals surface area contributed by atoms with Gasteiger partial charge in [0.2, 0.25) is 23.5 Å². The van der Waals surface area contributed by atoms with Crippen molar-refractivity contribution in [3.8, 4) is 5.75 Å². The van der Waals surface area contributed by atoms with Crippen LogP contribution in [0, 0.1) is 24.2 Å². The van der Waals surface area contributed by atoms with Crippen molar-refractivity contribution in [2.45, 2.75) is 122 Å². The quantitative estimate of drug-likeness (QED) is 0.274. The summed E-state index contributed by atoms with van der Waals surface area (Å²) in [6.07, 6.45) is 8.28. The lowest BCUT2D eigenvalue weighted by Crippen LogP contribution is -2.59. The monoisotopic (exact) mass is 713 g/mol. The van der Waals surface area contributed by atoms with Crippen LogP contribution in [0.5, 0.6) is 5.75 Å². The highest BCUT2D eigenvalue weighted by Crippen LogP contribution is 2.42. The number of benzene rings is 1. The van der Waals surface area contributed by atoms with Crippen LogP contribution in [0.2, 0.25) is 5.02 Å². The highest BCUT2D eigenvalue weighted by atomic mass is 35.5. The summed E-state index contributed by atoms with van der Waals surface area (Å²) in [4.78, 5) is 75.3. The fourth-order valence-electron chi connectivity index (χ4n) is 7.55. The number of hydrogen-bond donors (Lipinski definition) is 3. The summed E-state index contributed by atoms with van der Waals surface area (Å²) in [5.41, 5.74) is 0.526. The van der Waals surface area contributed by atoms with E-state index in [4.69, 9.17) is 21.2 Å². The Hall–Kier alpha value is -3.67. The van der Waals surface area contributed by atoms with Crippen LogP contribution < -0.4 is 20.7 Å². The van der Waals surface area contributed by atoms with Gasteiger partial charge in [-0.1, -0.05) is 69.6 Å². The number of methoxy groups -OCH3 is 1. The van der Waals surface area contributed by atoms with Crippen LogP contribution in [0.4, 0.5) is 0 Å². The van der Waals surface area contributed by atoms with E-state index in [9.17, 15) is 24.0 Å². The number of likely N-dealkylation sites (tertiary alicyclic amines) is 1. The molecular weight excluding hydrogens is 662 g/mol. The molecule has 0 radical (unpaired) electrons. The number of Topliss-reactive ketones (excluding diaryl/α,β-unsaturated/α-hetero) is 1. The van der Waals surface area contributed by atoms with Crippen molar-refractivity contribution in [3.63, 3.8) is 0 Å². The molecule has 1 spiro atoms. The van der Waals surface area contributed by atoms with Gasteiger partial charge in [0.05, 0.1) is 30.4 Å². The minimum Gasteiger partial charge on any atom is -0.495 e. The zero-order valence-electron chi connectivity index (χ0n) is 30.2. The van der Waals surface area contributed by atoms with E-state index < -0.39 is 52.6 Å². The predicted molar refractivity (Wildman–Crippen MR) is 189 cm³/mol. The molecule has 1 saturated heterocycles. The summed E-state index contributed by atoms with van der Waals surface area (Å²) in [5, 5.41) is 13.1. The zero-order valence-corrected chi connectivity index (χ0v) is 30.9. The number of carbonyl (C=O) groups excluding carboxylic acids is 5. The molecule has 4 aliphatic rings. The van der Waals surface area contributed by atoms with Crippen molar-refractivity contribution in [1.82, 2.24) is 20.9 Å². The Morgan fingerprint density at radius 1 is 1.06 bits per heavy atom. The van der Waals surface area contributed by atoms with Crippen LogP contribution in [0.15, 0.2) is 17.3 Å². The molecule has 0 bridgehead atoms. The van der Waals surface area contributed by atoms with Gasteiger partial charge in [0.25, 0.3) is 5.91 Å². The third-order valence-corrected chi connectivity index (χ3v) is 10.9. The fourth-order valence-corrected chi connectivity index (χ4v) is 7.79. The molecule has 4 amide bonds. The summed E-state index contributed by atoms with van der Waals surface area (Å²) in [5.74, 6) is -1.62. The lowest BCUT2D eigenvalue weighted by molar-refractivity contribution is -0.145. The van der Waals surface area contributed by atoms with Crippen LogP contribution >= 0.6 is 11.6 Å². The Balaban J connectivity index is 1.42. The third-order valence-electron chi connectivity index (χ3n) is 10.6. The number of ketones is 1. The largest absolute Gasteiger partial charge is 0.495 e. The molecular formula is C37H52ClN5O7. The molecule has 2 aliphatic heterocycles. The molecule has 5 rings (SSSR count).